The third kappa shape index (κ3) is 4.35. The number of benzene rings is 2. The summed E-state index contributed by atoms with van der Waals surface area (Å²) in [6, 6.07) is 18.1. The average molecular weight is 491 g/mol. The number of carbonyl (C=O) groups is 1. The summed E-state index contributed by atoms with van der Waals surface area (Å²) < 4.78 is 25.3. The summed E-state index contributed by atoms with van der Waals surface area (Å²) >= 11 is 0. The fourth-order valence-electron chi connectivity index (χ4n) is 5.76. The van der Waals surface area contributed by atoms with Crippen LogP contribution in [0, 0.1) is 11.3 Å². The zero-order chi connectivity index (χ0) is 24.6. The molecule has 0 saturated carbocycles. The van der Waals surface area contributed by atoms with Crippen LogP contribution in [0.3, 0.4) is 0 Å². The van der Waals surface area contributed by atoms with E-state index in [4.69, 9.17) is 0 Å². The number of para-hydroxylation sites is 1. The van der Waals surface area contributed by atoms with E-state index in [0.717, 1.165) is 69.4 Å². The van der Waals surface area contributed by atoms with E-state index in [-0.39, 0.29) is 5.54 Å². The van der Waals surface area contributed by atoms with E-state index in [1.807, 2.05) is 30.3 Å². The minimum absolute atomic E-state index is 0.358. The van der Waals surface area contributed by atoms with Gasteiger partial charge in [-0.15, -0.1) is 0 Å². The van der Waals surface area contributed by atoms with Crippen molar-refractivity contribution in [3.63, 3.8) is 0 Å². The number of likely N-dealkylation sites (tertiary alicyclic amines) is 1. The van der Waals surface area contributed by atoms with Crippen molar-refractivity contribution in [2.75, 3.05) is 37.3 Å². The van der Waals surface area contributed by atoms with Crippen molar-refractivity contribution >= 4 is 32.4 Å². The average Bonchev–Trinajstić information content (AvgIpc) is 3.38. The Bertz CT molecular complexity index is 1400. The summed E-state index contributed by atoms with van der Waals surface area (Å²) in [4.78, 5) is 17.7. The molecule has 5 rings (SSSR count). The zero-order valence-corrected chi connectivity index (χ0v) is 20.8. The smallest absolute Gasteiger partial charge is 0.236 e. The van der Waals surface area contributed by atoms with Gasteiger partial charge in [-0.05, 0) is 62.1 Å². The maximum absolute atomic E-state index is 12.9. The number of Topliss-reactive ketones (excluding diaryl/α,β-unsaturated/α-hetero) is 1. The van der Waals surface area contributed by atoms with Crippen LogP contribution in [0.25, 0.3) is 10.9 Å². The number of aryl methyl sites for hydroxylation is 1. The number of hydrogen-bond acceptors (Lipinski definition) is 6. The molecule has 3 heterocycles. The second-order valence-electron chi connectivity index (χ2n) is 9.70. The van der Waals surface area contributed by atoms with Gasteiger partial charge in [0.25, 0.3) is 0 Å². The third-order valence-corrected chi connectivity index (χ3v) is 8.62. The number of hydrogen-bond donors (Lipinski definition) is 0. The van der Waals surface area contributed by atoms with Crippen LogP contribution < -0.4 is 4.90 Å². The van der Waals surface area contributed by atoms with E-state index in [1.54, 1.807) is 6.07 Å². The highest BCUT2D eigenvalue weighted by atomic mass is 32.2. The SMILES string of the molecule is CS(=O)(=O)n1cc(C#N)c2cc(CCCN3CCC4(CC3)C(=O)CCN4c3ccccc3)ccc21. The Morgan fingerprint density at radius 3 is 2.49 bits per heavy atom. The summed E-state index contributed by atoms with van der Waals surface area (Å²) in [5.41, 5.74) is 2.79. The van der Waals surface area contributed by atoms with Crippen molar-refractivity contribution in [3.05, 3.63) is 65.9 Å². The highest BCUT2D eigenvalue weighted by molar-refractivity contribution is 7.89. The van der Waals surface area contributed by atoms with Crippen molar-refractivity contribution in [3.8, 4) is 6.07 Å². The molecule has 0 unspecified atom stereocenters. The minimum atomic E-state index is -3.47. The number of rotatable bonds is 6. The van der Waals surface area contributed by atoms with Crippen molar-refractivity contribution in [1.82, 2.24) is 8.87 Å². The highest BCUT2D eigenvalue weighted by Gasteiger charge is 2.49. The van der Waals surface area contributed by atoms with Gasteiger partial charge in [-0.1, -0.05) is 24.3 Å². The summed E-state index contributed by atoms with van der Waals surface area (Å²) in [5, 5.41) is 10.1. The zero-order valence-electron chi connectivity index (χ0n) is 20.0. The Morgan fingerprint density at radius 1 is 1.06 bits per heavy atom. The molecule has 182 valence electrons. The van der Waals surface area contributed by atoms with Gasteiger partial charge in [0.15, 0.2) is 5.78 Å². The Kier molecular flexibility index (Phi) is 6.16. The first-order valence-corrected chi connectivity index (χ1v) is 14.0. The van der Waals surface area contributed by atoms with Gasteiger partial charge in [-0.3, -0.25) is 4.79 Å². The van der Waals surface area contributed by atoms with Gasteiger partial charge < -0.3 is 9.80 Å². The maximum atomic E-state index is 12.9. The number of fused-ring (bicyclic) bond motifs is 1. The first kappa shape index (κ1) is 23.6. The second kappa shape index (κ2) is 9.14. The molecule has 1 aromatic heterocycles. The fourth-order valence-corrected chi connectivity index (χ4v) is 6.58. The van der Waals surface area contributed by atoms with Gasteiger partial charge in [0.05, 0.1) is 17.3 Å². The van der Waals surface area contributed by atoms with Gasteiger partial charge in [-0.2, -0.15) is 5.26 Å². The first-order chi connectivity index (χ1) is 16.8. The molecule has 3 aromatic rings. The number of anilines is 1. The lowest BCUT2D eigenvalue weighted by Crippen LogP contribution is -2.56. The molecule has 0 amide bonds. The second-order valence-corrected chi connectivity index (χ2v) is 11.6. The van der Waals surface area contributed by atoms with Gasteiger partial charge in [0.1, 0.15) is 11.6 Å². The van der Waals surface area contributed by atoms with E-state index < -0.39 is 10.0 Å². The predicted octanol–water partition coefficient (Wildman–Crippen LogP) is 3.57. The Labute approximate surface area is 206 Å². The van der Waals surface area contributed by atoms with Crippen LogP contribution in [0.1, 0.15) is 36.8 Å². The van der Waals surface area contributed by atoms with E-state index in [0.29, 0.717) is 28.7 Å². The standard InChI is InChI=1S/C27H30N4O3S/c1-35(33,34)31-20-22(19-28)24-18-21(9-10-25(24)31)6-5-14-29-16-12-27(13-17-29)26(32)11-15-30(27)23-7-3-2-4-8-23/h2-4,7-10,18,20H,5-6,11-17H2,1H3. The number of ketones is 1. The molecule has 35 heavy (non-hydrogen) atoms. The molecule has 2 aliphatic rings. The molecule has 0 aliphatic carbocycles. The molecular formula is C27H30N4O3S. The molecule has 1 spiro atoms. The van der Waals surface area contributed by atoms with Gasteiger partial charge in [-0.25, -0.2) is 12.4 Å². The molecule has 0 N–H and O–H groups in total. The number of carbonyl (C=O) groups excluding carboxylic acids is 1. The summed E-state index contributed by atoms with van der Waals surface area (Å²) in [6.45, 7) is 3.56. The normalized spacial score (nSPS) is 18.4. The molecule has 0 bridgehead atoms. The van der Waals surface area contributed by atoms with Crippen molar-refractivity contribution < 1.29 is 13.2 Å². The van der Waals surface area contributed by atoms with Crippen molar-refractivity contribution in [1.29, 1.82) is 5.26 Å². The lowest BCUT2D eigenvalue weighted by Gasteiger charge is -2.44. The third-order valence-electron chi connectivity index (χ3n) is 7.60. The molecule has 2 fully saturated rings. The van der Waals surface area contributed by atoms with E-state index in [1.165, 1.54) is 10.2 Å². The number of piperidine rings is 1. The van der Waals surface area contributed by atoms with E-state index in [2.05, 4.69) is 28.0 Å². The summed E-state index contributed by atoms with van der Waals surface area (Å²) in [6.07, 6.45) is 6.70. The van der Waals surface area contributed by atoms with Crippen LogP contribution in [-0.2, 0) is 21.2 Å². The van der Waals surface area contributed by atoms with Gasteiger partial charge in [0, 0.05) is 43.3 Å². The lowest BCUT2D eigenvalue weighted by atomic mass is 9.83. The summed E-state index contributed by atoms with van der Waals surface area (Å²) in [5.74, 6) is 0.378. The van der Waals surface area contributed by atoms with Crippen LogP contribution in [0.15, 0.2) is 54.7 Å². The van der Waals surface area contributed by atoms with Crippen LogP contribution >= 0.6 is 0 Å². The molecule has 2 saturated heterocycles. The molecule has 7 nitrogen and oxygen atoms in total. The number of nitrogens with zero attached hydrogens (tertiary/aromatic N) is 4. The Hall–Kier alpha value is -3.15. The molecule has 0 atom stereocenters. The molecule has 2 aliphatic heterocycles. The van der Waals surface area contributed by atoms with Crippen LogP contribution in [0.5, 0.6) is 0 Å². The predicted molar refractivity (Wildman–Crippen MR) is 137 cm³/mol. The number of nitriles is 1. The molecule has 8 heteroatoms. The van der Waals surface area contributed by atoms with Gasteiger partial charge >= 0.3 is 0 Å². The molecule has 2 aromatic carbocycles. The van der Waals surface area contributed by atoms with Crippen LogP contribution in [-0.4, -0.2) is 61.0 Å². The number of aromatic nitrogens is 1. The lowest BCUT2D eigenvalue weighted by molar-refractivity contribution is -0.123. The van der Waals surface area contributed by atoms with Crippen LogP contribution in [0.4, 0.5) is 5.69 Å². The summed E-state index contributed by atoms with van der Waals surface area (Å²) in [7, 11) is -3.47. The van der Waals surface area contributed by atoms with Crippen LogP contribution in [0.2, 0.25) is 0 Å². The fraction of sp³-hybridized carbons (Fsp3) is 0.407. The van der Waals surface area contributed by atoms with E-state index in [9.17, 15) is 18.5 Å². The van der Waals surface area contributed by atoms with Crippen molar-refractivity contribution in [2.45, 2.75) is 37.6 Å². The Balaban J connectivity index is 1.21. The van der Waals surface area contributed by atoms with Crippen molar-refractivity contribution in [2.24, 2.45) is 0 Å². The molecule has 0 radical (unpaired) electrons. The highest BCUT2D eigenvalue weighted by Crippen LogP contribution is 2.39. The van der Waals surface area contributed by atoms with Gasteiger partial charge in [0.2, 0.25) is 10.0 Å². The topological polar surface area (TPSA) is 86.4 Å². The Morgan fingerprint density at radius 2 is 1.80 bits per heavy atom. The minimum Gasteiger partial charge on any atom is -0.358 e. The largest absolute Gasteiger partial charge is 0.358 e. The molecular weight excluding hydrogens is 460 g/mol. The maximum Gasteiger partial charge on any atom is 0.236 e. The quantitative estimate of drug-likeness (QED) is 0.525. The monoisotopic (exact) mass is 490 g/mol. The first-order valence-electron chi connectivity index (χ1n) is 12.1. The van der Waals surface area contributed by atoms with E-state index >= 15 is 0 Å².